The van der Waals surface area contributed by atoms with Crippen LogP contribution in [0.15, 0.2) is 60.7 Å². The lowest BCUT2D eigenvalue weighted by Crippen LogP contribution is -2.42. The van der Waals surface area contributed by atoms with Gasteiger partial charge in [0.1, 0.15) is 15.9 Å². The number of rotatable bonds is 14. The highest BCUT2D eigenvalue weighted by atomic mass is 32.2. The second-order valence-electron chi connectivity index (χ2n) is 10.5. The third-order valence-corrected chi connectivity index (χ3v) is 8.16. The van der Waals surface area contributed by atoms with Crippen LogP contribution in [0.2, 0.25) is 0 Å². The highest BCUT2D eigenvalue weighted by Gasteiger charge is 2.25. The molecule has 0 aromatic heterocycles. The van der Waals surface area contributed by atoms with Crippen LogP contribution in [0.5, 0.6) is 11.5 Å². The summed E-state index contributed by atoms with van der Waals surface area (Å²) in [6, 6.07) is 17.5. The Hall–Kier alpha value is -3.89. The van der Waals surface area contributed by atoms with E-state index in [9.17, 15) is 23.1 Å². The second-order valence-corrected chi connectivity index (χ2v) is 12.8. The van der Waals surface area contributed by atoms with Gasteiger partial charge in [-0.1, -0.05) is 56.2 Å². The summed E-state index contributed by atoms with van der Waals surface area (Å²) < 4.78 is 40.6. The molecule has 0 spiro atoms. The summed E-state index contributed by atoms with van der Waals surface area (Å²) in [5.41, 5.74) is 4.53. The third-order valence-electron chi connectivity index (χ3n) is 7.18. The van der Waals surface area contributed by atoms with Crippen LogP contribution in [-0.4, -0.2) is 50.2 Å². The van der Waals surface area contributed by atoms with E-state index in [2.05, 4.69) is 12.2 Å². The molecule has 2 N–H and O–H groups in total. The first-order valence-corrected chi connectivity index (χ1v) is 16.0. The van der Waals surface area contributed by atoms with Crippen LogP contribution in [0, 0.1) is 6.92 Å². The molecule has 3 aromatic carbocycles. The number of hydrogen-bond donors (Lipinski definition) is 2. The van der Waals surface area contributed by atoms with Gasteiger partial charge in [0.25, 0.3) is 5.91 Å². The molecule has 0 radical (unpaired) electrons. The van der Waals surface area contributed by atoms with Crippen molar-refractivity contribution in [3.8, 4) is 22.6 Å². The molecule has 9 nitrogen and oxygen atoms in total. The molecule has 10 heteroatoms. The minimum atomic E-state index is -3.40. The molecule has 0 fully saturated rings. The zero-order valence-corrected chi connectivity index (χ0v) is 24.9. The number of carbonyl (C=O) groups excluding carboxylic acids is 1. The largest absolute Gasteiger partial charge is 0.480 e. The van der Waals surface area contributed by atoms with Crippen LogP contribution >= 0.6 is 0 Å². The van der Waals surface area contributed by atoms with Gasteiger partial charge in [-0.25, -0.2) is 13.2 Å². The van der Waals surface area contributed by atoms with E-state index in [1.807, 2.05) is 55.5 Å². The lowest BCUT2D eigenvalue weighted by molar-refractivity contribution is -0.139. The van der Waals surface area contributed by atoms with Gasteiger partial charge in [0, 0.05) is 11.8 Å². The smallest absolute Gasteiger partial charge is 0.326 e. The van der Waals surface area contributed by atoms with E-state index < -0.39 is 27.8 Å². The fourth-order valence-electron chi connectivity index (χ4n) is 4.85. The van der Waals surface area contributed by atoms with Gasteiger partial charge >= 0.3 is 5.97 Å². The topological polar surface area (TPSA) is 128 Å². The molecule has 0 bridgehead atoms. The van der Waals surface area contributed by atoms with Crippen molar-refractivity contribution in [2.24, 2.45) is 0 Å². The first kappa shape index (κ1) is 31.1. The van der Waals surface area contributed by atoms with Crippen molar-refractivity contribution in [2.75, 3.05) is 18.8 Å². The van der Waals surface area contributed by atoms with Gasteiger partial charge in [-0.3, -0.25) is 4.79 Å². The first-order chi connectivity index (χ1) is 20.1. The van der Waals surface area contributed by atoms with Gasteiger partial charge in [0.2, 0.25) is 6.79 Å². The van der Waals surface area contributed by atoms with E-state index in [-0.39, 0.29) is 37.2 Å². The number of amides is 1. The fraction of sp³-hybridized carbons (Fsp3) is 0.375. The Balaban J connectivity index is 1.60. The average Bonchev–Trinajstić information content (AvgIpc) is 3.43. The summed E-state index contributed by atoms with van der Waals surface area (Å²) in [5.74, 6) is -0.829. The Morgan fingerprint density at radius 1 is 1.00 bits per heavy atom. The van der Waals surface area contributed by atoms with Gasteiger partial charge < -0.3 is 24.6 Å². The molecule has 0 aliphatic carbocycles. The normalized spacial score (nSPS) is 13.9. The number of fused-ring (bicyclic) bond motifs is 1. The number of hydrogen-bond acceptors (Lipinski definition) is 7. The molecule has 4 rings (SSSR count). The molecule has 2 atom stereocenters. The number of carbonyl (C=O) groups is 2. The molecule has 1 heterocycles. The van der Waals surface area contributed by atoms with Crippen molar-refractivity contribution in [3.05, 3.63) is 82.9 Å². The van der Waals surface area contributed by atoms with Gasteiger partial charge in [0.05, 0.1) is 18.5 Å². The Morgan fingerprint density at radius 3 is 2.48 bits per heavy atom. The SMILES string of the molecule is CCCC[C@@H](OCc1ccc(C(=O)N[C@@H](CCS(C)(=O)=O)C(=O)O)c(-c2ccccc2C)c1)c1ccc2c(c1)OCO2. The number of nitrogens with one attached hydrogen (secondary N) is 1. The van der Waals surface area contributed by atoms with E-state index in [1.165, 1.54) is 0 Å². The number of aliphatic carboxylic acids is 1. The van der Waals surface area contributed by atoms with E-state index in [1.54, 1.807) is 12.1 Å². The summed E-state index contributed by atoms with van der Waals surface area (Å²) in [6.45, 7) is 4.55. The number of carboxylic acids is 1. The van der Waals surface area contributed by atoms with Crippen molar-refractivity contribution in [1.82, 2.24) is 5.32 Å². The van der Waals surface area contributed by atoms with Crippen molar-refractivity contribution in [3.63, 3.8) is 0 Å². The highest BCUT2D eigenvalue weighted by Crippen LogP contribution is 2.37. The minimum absolute atomic E-state index is 0.171. The maximum absolute atomic E-state index is 13.4. The summed E-state index contributed by atoms with van der Waals surface area (Å²) in [7, 11) is -3.40. The van der Waals surface area contributed by atoms with Gasteiger partial charge in [0.15, 0.2) is 11.5 Å². The lowest BCUT2D eigenvalue weighted by Gasteiger charge is -2.20. The first-order valence-electron chi connectivity index (χ1n) is 14.0. The van der Waals surface area contributed by atoms with Crippen LogP contribution in [0.4, 0.5) is 0 Å². The third kappa shape index (κ3) is 8.10. The van der Waals surface area contributed by atoms with Crippen molar-refractivity contribution < 1.29 is 37.3 Å². The van der Waals surface area contributed by atoms with Crippen LogP contribution in [0.3, 0.4) is 0 Å². The predicted octanol–water partition coefficient (Wildman–Crippen LogP) is 5.46. The maximum Gasteiger partial charge on any atom is 0.326 e. The maximum atomic E-state index is 13.4. The Kier molecular flexibility index (Phi) is 10.2. The summed E-state index contributed by atoms with van der Waals surface area (Å²) in [5, 5.41) is 12.1. The number of aryl methyl sites for hydroxylation is 1. The number of unbranched alkanes of at least 4 members (excludes halogenated alkanes) is 1. The Morgan fingerprint density at radius 2 is 1.76 bits per heavy atom. The quantitative estimate of drug-likeness (QED) is 0.252. The minimum Gasteiger partial charge on any atom is -0.480 e. The van der Waals surface area contributed by atoms with E-state index >= 15 is 0 Å². The molecule has 0 unspecified atom stereocenters. The summed E-state index contributed by atoms with van der Waals surface area (Å²) >= 11 is 0. The number of benzene rings is 3. The fourth-order valence-corrected chi connectivity index (χ4v) is 5.51. The molecule has 3 aromatic rings. The van der Waals surface area contributed by atoms with Gasteiger partial charge in [-0.05, 0) is 71.8 Å². The van der Waals surface area contributed by atoms with Gasteiger partial charge in [-0.15, -0.1) is 0 Å². The molecule has 1 aliphatic rings. The van der Waals surface area contributed by atoms with E-state index in [0.717, 1.165) is 47.8 Å². The van der Waals surface area contributed by atoms with Crippen molar-refractivity contribution >= 4 is 21.7 Å². The van der Waals surface area contributed by atoms with Crippen LogP contribution in [-0.2, 0) is 26.0 Å². The zero-order chi connectivity index (χ0) is 30.3. The summed E-state index contributed by atoms with van der Waals surface area (Å²) in [6.07, 6.45) is 3.46. The van der Waals surface area contributed by atoms with Crippen LogP contribution in [0.25, 0.3) is 11.1 Å². The molecule has 0 saturated carbocycles. The average molecular weight is 596 g/mol. The van der Waals surface area contributed by atoms with E-state index in [0.29, 0.717) is 17.1 Å². The summed E-state index contributed by atoms with van der Waals surface area (Å²) in [4.78, 5) is 25.2. The molecule has 42 heavy (non-hydrogen) atoms. The molecule has 1 aliphatic heterocycles. The number of carboxylic acid groups (broad SMARTS) is 1. The number of sulfone groups is 1. The Labute approximate surface area is 246 Å². The molecule has 0 saturated heterocycles. The highest BCUT2D eigenvalue weighted by molar-refractivity contribution is 7.90. The van der Waals surface area contributed by atoms with Gasteiger partial charge in [-0.2, -0.15) is 0 Å². The van der Waals surface area contributed by atoms with Crippen molar-refractivity contribution in [2.45, 2.75) is 58.3 Å². The molecule has 1 amide bonds. The Bertz CT molecular complexity index is 1540. The van der Waals surface area contributed by atoms with Crippen LogP contribution in [0.1, 0.15) is 65.8 Å². The van der Waals surface area contributed by atoms with E-state index in [4.69, 9.17) is 14.2 Å². The lowest BCUT2D eigenvalue weighted by atomic mass is 9.93. The molecular weight excluding hydrogens is 558 g/mol. The molecule has 224 valence electrons. The van der Waals surface area contributed by atoms with Crippen molar-refractivity contribution in [1.29, 1.82) is 0 Å². The predicted molar refractivity (Wildman–Crippen MR) is 159 cm³/mol. The monoisotopic (exact) mass is 595 g/mol. The van der Waals surface area contributed by atoms with Crippen LogP contribution < -0.4 is 14.8 Å². The number of ether oxygens (including phenoxy) is 3. The second kappa shape index (κ2) is 13.8. The zero-order valence-electron chi connectivity index (χ0n) is 24.1. The standard InChI is InChI=1S/C32H37NO8S/c1-4-5-10-28(23-12-14-29-30(18-23)41-20-40-29)39-19-22-11-13-25(26(17-22)24-9-7-6-8-21(24)2)31(34)33-27(32(35)36)15-16-42(3,37)38/h6-9,11-14,17-18,27-28H,4-5,10,15-16,19-20H2,1-3H3,(H,33,34)(H,35,36)/t27-,28+/m0/s1. The molecular formula is C32H37NO8S.